The Balaban J connectivity index is 2.07. The van der Waals surface area contributed by atoms with Gasteiger partial charge in [0, 0.05) is 16.1 Å². The van der Waals surface area contributed by atoms with E-state index in [1.54, 1.807) is 48.5 Å². The molecule has 5 nitrogen and oxygen atoms in total. The van der Waals surface area contributed by atoms with Crippen LogP contribution >= 0.6 is 11.6 Å². The first-order chi connectivity index (χ1) is 12.4. The maximum absolute atomic E-state index is 13.3. The Morgan fingerprint density at radius 1 is 1.23 bits per heavy atom. The molecule has 1 atom stereocenters. The summed E-state index contributed by atoms with van der Waals surface area (Å²) < 4.78 is 29.4. The highest BCUT2D eigenvalue weighted by Crippen LogP contribution is 2.29. The number of nitrogens with zero attached hydrogens (tertiary/aromatic N) is 1. The van der Waals surface area contributed by atoms with Crippen LogP contribution in [0.25, 0.3) is 0 Å². The second-order valence-corrected chi connectivity index (χ2v) is 8.18. The van der Waals surface area contributed by atoms with Gasteiger partial charge in [0.1, 0.15) is 5.75 Å². The van der Waals surface area contributed by atoms with Crippen LogP contribution in [0.3, 0.4) is 0 Å². The average molecular weight is 392 g/mol. The van der Waals surface area contributed by atoms with Crippen molar-refractivity contribution in [3.8, 4) is 5.75 Å². The van der Waals surface area contributed by atoms with E-state index in [2.05, 4.69) is 0 Å². The Morgan fingerprint density at radius 3 is 2.65 bits per heavy atom. The zero-order valence-corrected chi connectivity index (χ0v) is 15.7. The fourth-order valence-electron chi connectivity index (χ4n) is 2.86. The summed E-state index contributed by atoms with van der Waals surface area (Å²) in [4.78, 5) is 14.8. The van der Waals surface area contributed by atoms with Crippen molar-refractivity contribution in [1.82, 2.24) is 0 Å². The standard InChI is InChI=1S/C19H18ClNO4S/c1-2-25-18-9-4-3-8-17(18)19(22)21(15-7-5-6-14(20)12-15)16-10-11-26(23,24)13-16/h3-12,16H,2,13H2,1H3/t16-/m0/s1. The molecule has 1 heterocycles. The number of ether oxygens (including phenoxy) is 1. The quantitative estimate of drug-likeness (QED) is 0.779. The second kappa shape index (κ2) is 7.51. The van der Waals surface area contributed by atoms with Gasteiger partial charge < -0.3 is 9.64 Å². The van der Waals surface area contributed by atoms with Gasteiger partial charge in [0.05, 0.1) is 24.0 Å². The molecule has 0 spiro atoms. The molecule has 0 bridgehead atoms. The maximum Gasteiger partial charge on any atom is 0.262 e. The average Bonchev–Trinajstić information content (AvgIpc) is 2.95. The van der Waals surface area contributed by atoms with Crippen LogP contribution in [-0.4, -0.2) is 32.7 Å². The summed E-state index contributed by atoms with van der Waals surface area (Å²) in [7, 11) is -3.33. The Kier molecular flexibility index (Phi) is 5.34. The number of halogens is 1. The van der Waals surface area contributed by atoms with Crippen LogP contribution in [0, 0.1) is 0 Å². The smallest absolute Gasteiger partial charge is 0.262 e. The minimum atomic E-state index is -3.33. The van der Waals surface area contributed by atoms with Crippen molar-refractivity contribution in [3.63, 3.8) is 0 Å². The van der Waals surface area contributed by atoms with Crippen molar-refractivity contribution in [2.24, 2.45) is 0 Å². The van der Waals surface area contributed by atoms with Gasteiger partial charge in [-0.15, -0.1) is 0 Å². The van der Waals surface area contributed by atoms with Gasteiger partial charge in [-0.25, -0.2) is 8.42 Å². The lowest BCUT2D eigenvalue weighted by atomic mass is 10.1. The highest BCUT2D eigenvalue weighted by atomic mass is 35.5. The van der Waals surface area contributed by atoms with E-state index in [0.717, 1.165) is 5.41 Å². The Hall–Kier alpha value is -2.31. The Bertz CT molecular complexity index is 956. The molecular weight excluding hydrogens is 374 g/mol. The number of hydrogen-bond donors (Lipinski definition) is 0. The first-order valence-corrected chi connectivity index (χ1v) is 10.2. The number of hydrogen-bond acceptors (Lipinski definition) is 4. The number of carbonyl (C=O) groups excluding carboxylic acids is 1. The van der Waals surface area contributed by atoms with E-state index in [0.29, 0.717) is 28.6 Å². The van der Waals surface area contributed by atoms with Gasteiger partial charge in [-0.3, -0.25) is 4.79 Å². The van der Waals surface area contributed by atoms with Gasteiger partial charge in [-0.2, -0.15) is 0 Å². The molecule has 0 saturated carbocycles. The lowest BCUT2D eigenvalue weighted by molar-refractivity contribution is 0.0979. The van der Waals surface area contributed by atoms with Crippen molar-refractivity contribution in [2.45, 2.75) is 13.0 Å². The molecule has 0 radical (unpaired) electrons. The highest BCUT2D eigenvalue weighted by Gasteiger charge is 2.33. The first kappa shape index (κ1) is 18.5. The Labute approximate surface area is 157 Å². The van der Waals surface area contributed by atoms with E-state index in [-0.39, 0.29) is 11.7 Å². The summed E-state index contributed by atoms with van der Waals surface area (Å²) in [5.41, 5.74) is 0.896. The van der Waals surface area contributed by atoms with Gasteiger partial charge >= 0.3 is 0 Å². The monoisotopic (exact) mass is 391 g/mol. The second-order valence-electron chi connectivity index (χ2n) is 5.81. The van der Waals surface area contributed by atoms with E-state index < -0.39 is 15.9 Å². The fourth-order valence-corrected chi connectivity index (χ4v) is 4.31. The van der Waals surface area contributed by atoms with Gasteiger partial charge in [0.15, 0.2) is 9.84 Å². The molecule has 1 aliphatic rings. The normalized spacial score (nSPS) is 17.8. The molecule has 136 valence electrons. The summed E-state index contributed by atoms with van der Waals surface area (Å²) in [6, 6.07) is 13.1. The number of benzene rings is 2. The van der Waals surface area contributed by atoms with Gasteiger partial charge in [-0.05, 0) is 43.3 Å². The van der Waals surface area contributed by atoms with Crippen LogP contribution in [0.5, 0.6) is 5.75 Å². The summed E-state index contributed by atoms with van der Waals surface area (Å²) in [5.74, 6) is -0.0536. The summed E-state index contributed by atoms with van der Waals surface area (Å²) in [6.45, 7) is 2.25. The molecule has 7 heteroatoms. The van der Waals surface area contributed by atoms with Crippen molar-refractivity contribution >= 4 is 33.0 Å². The summed E-state index contributed by atoms with van der Waals surface area (Å²) in [5, 5.41) is 1.61. The topological polar surface area (TPSA) is 63.7 Å². The van der Waals surface area contributed by atoms with E-state index in [4.69, 9.17) is 16.3 Å². The summed E-state index contributed by atoms with van der Waals surface area (Å²) in [6.07, 6.45) is 1.53. The van der Waals surface area contributed by atoms with Crippen molar-refractivity contribution < 1.29 is 17.9 Å². The van der Waals surface area contributed by atoms with Gasteiger partial charge in [-0.1, -0.05) is 29.8 Å². The number of carbonyl (C=O) groups is 1. The number of para-hydroxylation sites is 1. The molecule has 0 fully saturated rings. The highest BCUT2D eigenvalue weighted by molar-refractivity contribution is 7.94. The first-order valence-electron chi connectivity index (χ1n) is 8.13. The molecule has 2 aromatic carbocycles. The molecule has 1 aliphatic heterocycles. The maximum atomic E-state index is 13.3. The fraction of sp³-hybridized carbons (Fsp3) is 0.211. The number of amides is 1. The lowest BCUT2D eigenvalue weighted by Crippen LogP contribution is -2.41. The van der Waals surface area contributed by atoms with Crippen LogP contribution in [0.15, 0.2) is 60.0 Å². The zero-order chi connectivity index (χ0) is 18.7. The van der Waals surface area contributed by atoms with Gasteiger partial charge in [0.25, 0.3) is 5.91 Å². The molecule has 2 aromatic rings. The molecule has 1 amide bonds. The molecule has 0 N–H and O–H groups in total. The SMILES string of the molecule is CCOc1ccccc1C(=O)N(c1cccc(Cl)c1)[C@H]1C=CS(=O)(=O)C1. The largest absolute Gasteiger partial charge is 0.493 e. The van der Waals surface area contributed by atoms with Crippen molar-refractivity contribution in [3.05, 3.63) is 70.6 Å². The third-order valence-electron chi connectivity index (χ3n) is 3.97. The number of anilines is 1. The molecule has 26 heavy (non-hydrogen) atoms. The van der Waals surface area contributed by atoms with E-state index in [9.17, 15) is 13.2 Å². The number of sulfone groups is 1. The molecular formula is C19H18ClNO4S. The molecule has 0 unspecified atom stereocenters. The lowest BCUT2D eigenvalue weighted by Gasteiger charge is -2.28. The van der Waals surface area contributed by atoms with Crippen LogP contribution < -0.4 is 9.64 Å². The third kappa shape index (κ3) is 3.92. The Morgan fingerprint density at radius 2 is 2.00 bits per heavy atom. The molecule has 0 aromatic heterocycles. The molecule has 0 aliphatic carbocycles. The van der Waals surface area contributed by atoms with E-state index in [1.807, 2.05) is 6.92 Å². The number of rotatable bonds is 5. The van der Waals surface area contributed by atoms with Gasteiger partial charge in [0.2, 0.25) is 0 Å². The minimum Gasteiger partial charge on any atom is -0.493 e. The third-order valence-corrected chi connectivity index (χ3v) is 5.58. The summed E-state index contributed by atoms with van der Waals surface area (Å²) >= 11 is 6.08. The minimum absolute atomic E-state index is 0.165. The predicted molar refractivity (Wildman–Crippen MR) is 103 cm³/mol. The van der Waals surface area contributed by atoms with Crippen LogP contribution in [-0.2, 0) is 9.84 Å². The van der Waals surface area contributed by atoms with Crippen LogP contribution in [0.4, 0.5) is 5.69 Å². The molecule has 3 rings (SSSR count). The molecule has 0 saturated heterocycles. The van der Waals surface area contributed by atoms with Crippen molar-refractivity contribution in [2.75, 3.05) is 17.3 Å². The van der Waals surface area contributed by atoms with E-state index >= 15 is 0 Å². The zero-order valence-electron chi connectivity index (χ0n) is 14.1. The van der Waals surface area contributed by atoms with E-state index in [1.165, 1.54) is 11.0 Å². The van der Waals surface area contributed by atoms with Crippen LogP contribution in [0.2, 0.25) is 5.02 Å². The predicted octanol–water partition coefficient (Wildman–Crippen LogP) is 3.70. The van der Waals surface area contributed by atoms with Crippen molar-refractivity contribution in [1.29, 1.82) is 0 Å². The van der Waals surface area contributed by atoms with Crippen LogP contribution in [0.1, 0.15) is 17.3 Å².